The van der Waals surface area contributed by atoms with E-state index in [9.17, 15) is 14.3 Å². The Labute approximate surface area is 203 Å². The van der Waals surface area contributed by atoms with Gasteiger partial charge in [0.05, 0.1) is 5.52 Å². The molecule has 0 amide bonds. The van der Waals surface area contributed by atoms with Crippen molar-refractivity contribution in [3.63, 3.8) is 0 Å². The summed E-state index contributed by atoms with van der Waals surface area (Å²) in [4.78, 5) is 16.1. The molecule has 178 valence electrons. The Balaban J connectivity index is 1.56. The molecule has 4 rings (SSSR count). The summed E-state index contributed by atoms with van der Waals surface area (Å²) in [6.45, 7) is 2.51. The second-order valence-corrected chi connectivity index (χ2v) is 8.16. The average molecular weight is 472 g/mol. The van der Waals surface area contributed by atoms with Gasteiger partial charge in [0.25, 0.3) is 0 Å². The van der Waals surface area contributed by atoms with Gasteiger partial charge in [-0.2, -0.15) is 0 Å². The summed E-state index contributed by atoms with van der Waals surface area (Å²) in [6.07, 6.45) is 4.53. The van der Waals surface area contributed by atoms with Crippen LogP contribution >= 0.6 is 0 Å². The van der Waals surface area contributed by atoms with Gasteiger partial charge in [-0.25, -0.2) is 9.18 Å². The third-order valence-electron chi connectivity index (χ3n) is 5.49. The van der Waals surface area contributed by atoms with Crippen molar-refractivity contribution in [1.82, 2.24) is 4.98 Å². The first-order chi connectivity index (χ1) is 17.0. The third-order valence-corrected chi connectivity index (χ3v) is 5.49. The van der Waals surface area contributed by atoms with Crippen molar-refractivity contribution in [3.8, 4) is 11.5 Å². The summed E-state index contributed by atoms with van der Waals surface area (Å²) >= 11 is 0. The molecule has 0 radical (unpaired) electrons. The third kappa shape index (κ3) is 6.44. The Morgan fingerprint density at radius 1 is 0.971 bits per heavy atom. The van der Waals surface area contributed by atoms with E-state index < -0.39 is 5.97 Å². The lowest BCUT2D eigenvalue weighted by Crippen LogP contribution is -2.02. The van der Waals surface area contributed by atoms with Gasteiger partial charge in [-0.3, -0.25) is 4.98 Å². The highest BCUT2D eigenvalue weighted by Gasteiger charge is 2.11. The Morgan fingerprint density at radius 3 is 2.51 bits per heavy atom. The first kappa shape index (κ1) is 24.0. The van der Waals surface area contributed by atoms with Crippen LogP contribution in [0, 0.1) is 5.82 Å². The molecule has 1 heterocycles. The van der Waals surface area contributed by atoms with Crippen LogP contribution < -0.4 is 9.47 Å². The molecule has 35 heavy (non-hydrogen) atoms. The maximum Gasteiger partial charge on any atom is 0.331 e. The van der Waals surface area contributed by atoms with E-state index in [1.165, 1.54) is 12.1 Å². The molecule has 0 aliphatic rings. The Kier molecular flexibility index (Phi) is 7.73. The van der Waals surface area contributed by atoms with Gasteiger partial charge >= 0.3 is 5.97 Å². The predicted molar refractivity (Wildman–Crippen MR) is 134 cm³/mol. The minimum absolute atomic E-state index is 0.225. The van der Waals surface area contributed by atoms with Crippen LogP contribution in [0.4, 0.5) is 4.39 Å². The maximum absolute atomic E-state index is 13.2. The molecule has 0 unspecified atom stereocenters. The minimum Gasteiger partial charge on any atom is -0.489 e. The van der Waals surface area contributed by atoms with E-state index in [1.54, 1.807) is 42.6 Å². The molecule has 5 nitrogen and oxygen atoms in total. The van der Waals surface area contributed by atoms with Crippen molar-refractivity contribution in [2.75, 3.05) is 0 Å². The summed E-state index contributed by atoms with van der Waals surface area (Å²) in [5.41, 5.74) is 3.62. The summed E-state index contributed by atoms with van der Waals surface area (Å²) < 4.78 is 25.2. The van der Waals surface area contributed by atoms with Crippen molar-refractivity contribution in [2.24, 2.45) is 0 Å². The zero-order valence-electron chi connectivity index (χ0n) is 19.4. The SMILES string of the molecule is CCC/C(=C\c1cc(OCc2ccc3ncccc3c2)ccc1OCc1ccc(F)cc1)C(=O)O. The van der Waals surface area contributed by atoms with E-state index in [0.717, 1.165) is 22.0 Å². The molecule has 1 aromatic heterocycles. The minimum atomic E-state index is -0.965. The average Bonchev–Trinajstić information content (AvgIpc) is 2.87. The highest BCUT2D eigenvalue weighted by Crippen LogP contribution is 2.29. The molecule has 0 aliphatic carbocycles. The number of fused-ring (bicyclic) bond motifs is 1. The summed E-state index contributed by atoms with van der Waals surface area (Å²) in [5, 5.41) is 10.7. The Bertz CT molecular complexity index is 1350. The Morgan fingerprint density at radius 2 is 1.74 bits per heavy atom. The summed E-state index contributed by atoms with van der Waals surface area (Å²) in [5.74, 6) is -0.161. The normalized spacial score (nSPS) is 11.4. The largest absolute Gasteiger partial charge is 0.489 e. The molecular weight excluding hydrogens is 445 g/mol. The Hall–Kier alpha value is -4.19. The number of rotatable bonds is 10. The number of ether oxygens (including phenoxy) is 2. The van der Waals surface area contributed by atoms with E-state index in [-0.39, 0.29) is 12.4 Å². The first-order valence-corrected chi connectivity index (χ1v) is 11.4. The fraction of sp³-hybridized carbons (Fsp3) is 0.172. The molecule has 4 aromatic rings. The summed E-state index contributed by atoms with van der Waals surface area (Å²) in [6, 6.07) is 21.3. The van der Waals surface area contributed by atoms with Crippen LogP contribution in [0.5, 0.6) is 11.5 Å². The van der Waals surface area contributed by atoms with E-state index in [0.29, 0.717) is 42.1 Å². The second-order valence-electron chi connectivity index (χ2n) is 8.16. The number of carboxylic acids is 1. The molecule has 0 aliphatic heterocycles. The molecule has 0 saturated carbocycles. The van der Waals surface area contributed by atoms with Gasteiger partial charge in [0.15, 0.2) is 0 Å². The van der Waals surface area contributed by atoms with E-state index in [1.807, 2.05) is 37.3 Å². The number of halogens is 1. The molecule has 0 fully saturated rings. The second kappa shape index (κ2) is 11.3. The maximum atomic E-state index is 13.2. The van der Waals surface area contributed by atoms with E-state index in [2.05, 4.69) is 4.98 Å². The molecule has 6 heteroatoms. The quantitative estimate of drug-likeness (QED) is 0.258. The van der Waals surface area contributed by atoms with Crippen molar-refractivity contribution in [1.29, 1.82) is 0 Å². The number of carboxylic acid groups (broad SMARTS) is 1. The van der Waals surface area contributed by atoms with Crippen LogP contribution in [-0.4, -0.2) is 16.1 Å². The number of aliphatic carboxylic acids is 1. The lowest BCUT2D eigenvalue weighted by Gasteiger charge is -2.13. The number of hydrogen-bond acceptors (Lipinski definition) is 4. The van der Waals surface area contributed by atoms with Gasteiger partial charge in [-0.1, -0.05) is 37.6 Å². The molecule has 0 saturated heterocycles. The molecular formula is C29H26FNO4. The predicted octanol–water partition coefficient (Wildman–Crippen LogP) is 6.80. The zero-order valence-corrected chi connectivity index (χ0v) is 19.4. The van der Waals surface area contributed by atoms with Crippen molar-refractivity contribution < 1.29 is 23.8 Å². The summed E-state index contributed by atoms with van der Waals surface area (Å²) in [7, 11) is 0. The van der Waals surface area contributed by atoms with Crippen molar-refractivity contribution in [2.45, 2.75) is 33.0 Å². The number of benzene rings is 3. The van der Waals surface area contributed by atoms with Gasteiger partial charge in [-0.05, 0) is 72.2 Å². The van der Waals surface area contributed by atoms with Gasteiger partial charge in [0.1, 0.15) is 30.5 Å². The highest BCUT2D eigenvalue weighted by atomic mass is 19.1. The standard InChI is InChI=1S/C29H26FNO4/c1-2-4-23(29(32)33)16-24-17-26(11-13-28(24)35-18-20-6-9-25(30)10-7-20)34-19-21-8-12-27-22(15-21)5-3-14-31-27/h3,5-17H,2,4,18-19H2,1H3,(H,32,33)/b23-16+. The van der Waals surface area contributed by atoms with Crippen LogP contribution in [-0.2, 0) is 18.0 Å². The number of hydrogen-bond donors (Lipinski definition) is 1. The number of aromatic nitrogens is 1. The molecule has 1 N–H and O–H groups in total. The van der Waals surface area contributed by atoms with Crippen molar-refractivity contribution >= 4 is 22.9 Å². The highest BCUT2D eigenvalue weighted by molar-refractivity contribution is 5.92. The van der Waals surface area contributed by atoms with Crippen LogP contribution in [0.2, 0.25) is 0 Å². The van der Waals surface area contributed by atoms with Gasteiger partial charge in [-0.15, -0.1) is 0 Å². The van der Waals surface area contributed by atoms with Gasteiger partial charge < -0.3 is 14.6 Å². The molecule has 0 atom stereocenters. The number of nitrogens with zero attached hydrogens (tertiary/aromatic N) is 1. The van der Waals surface area contributed by atoms with Gasteiger partial charge in [0, 0.05) is 22.7 Å². The zero-order chi connectivity index (χ0) is 24.6. The van der Waals surface area contributed by atoms with Crippen LogP contribution in [0.25, 0.3) is 17.0 Å². The van der Waals surface area contributed by atoms with Crippen molar-refractivity contribution in [3.05, 3.63) is 107 Å². The van der Waals surface area contributed by atoms with E-state index in [4.69, 9.17) is 9.47 Å². The molecule has 0 bridgehead atoms. The smallest absolute Gasteiger partial charge is 0.331 e. The lowest BCUT2D eigenvalue weighted by atomic mass is 10.1. The first-order valence-electron chi connectivity index (χ1n) is 11.4. The number of carbonyl (C=O) groups is 1. The van der Waals surface area contributed by atoms with Crippen LogP contribution in [0.3, 0.4) is 0 Å². The fourth-order valence-electron chi connectivity index (χ4n) is 3.68. The lowest BCUT2D eigenvalue weighted by molar-refractivity contribution is -0.132. The monoisotopic (exact) mass is 471 g/mol. The fourth-order valence-corrected chi connectivity index (χ4v) is 3.68. The van der Waals surface area contributed by atoms with Gasteiger partial charge in [0.2, 0.25) is 0 Å². The van der Waals surface area contributed by atoms with E-state index >= 15 is 0 Å². The molecule has 3 aromatic carbocycles. The topological polar surface area (TPSA) is 68.7 Å². The molecule has 0 spiro atoms. The van der Waals surface area contributed by atoms with Crippen LogP contribution in [0.1, 0.15) is 36.5 Å². The number of pyridine rings is 1. The van der Waals surface area contributed by atoms with Crippen LogP contribution in [0.15, 0.2) is 84.6 Å².